The number of halogens is 27. The molecule has 0 aliphatic carbocycles. The lowest BCUT2D eigenvalue weighted by Crippen LogP contribution is -2.79. The fourth-order valence-electron chi connectivity index (χ4n) is 6.74. The van der Waals surface area contributed by atoms with Crippen LogP contribution in [0.4, 0.5) is 119 Å². The summed E-state index contributed by atoms with van der Waals surface area (Å²) in [5.74, 6) is -114. The molecule has 2 amide bonds. The first-order valence-electron chi connectivity index (χ1n) is 20.8. The zero-order chi connectivity index (χ0) is 62.0. The number of ether oxygens (including phenoxy) is 1. The number of carbonyl (C=O) groups excluding carboxylic acids is 2. The molecule has 0 aromatic carbocycles. The number of hydrogen-bond acceptors (Lipinski definition) is 10. The molecule has 1 heterocycles. The molecular weight excluding hydrogens is 1170 g/mol. The van der Waals surface area contributed by atoms with Gasteiger partial charge in [0.2, 0.25) is 11.8 Å². The van der Waals surface area contributed by atoms with Crippen molar-refractivity contribution in [1.82, 2.24) is 29.4 Å². The Hall–Kier alpha value is -4.74. The van der Waals surface area contributed by atoms with Gasteiger partial charge in [-0.3, -0.25) is 48.5 Å². The van der Waals surface area contributed by atoms with Gasteiger partial charge in [0.05, 0.1) is 38.8 Å². The second-order valence-corrected chi connectivity index (χ2v) is 16.8. The number of aliphatic carboxylic acids is 3. The van der Waals surface area contributed by atoms with Crippen LogP contribution in [-0.4, -0.2) is 264 Å². The highest BCUT2D eigenvalue weighted by atomic mass is 19.4. The minimum Gasteiger partial charge on any atom is -0.480 e. The molecule has 3 N–H and O–H groups in total. The Balaban J connectivity index is 3.82. The van der Waals surface area contributed by atoms with Gasteiger partial charge in [-0.2, -0.15) is 119 Å². The van der Waals surface area contributed by atoms with Crippen LogP contribution in [0, 0.1) is 0 Å². The zero-order valence-electron chi connectivity index (χ0n) is 39.2. The van der Waals surface area contributed by atoms with Gasteiger partial charge >= 0.3 is 95.3 Å². The zero-order valence-corrected chi connectivity index (χ0v) is 39.2. The largest absolute Gasteiger partial charge is 0.480 e. The van der Waals surface area contributed by atoms with Gasteiger partial charge in [0, 0.05) is 73.1 Å². The van der Waals surface area contributed by atoms with Gasteiger partial charge in [-0.1, -0.05) is 0 Å². The summed E-state index contributed by atoms with van der Waals surface area (Å²) in [4.78, 5) is 63.8. The molecule has 1 unspecified atom stereocenters. The molecule has 1 aliphatic heterocycles. The molecule has 0 aromatic heterocycles. The number of likely N-dealkylation sites (N-methyl/N-ethyl adjacent to an activating group) is 1. The number of methoxy groups -OCH3 is 1. The topological polar surface area (TPSA) is 175 Å². The SMILES string of the molecule is COCCN(C(=O)CN(C)C(=O)C(C)N1CCN(CC(=O)O)CCN(CC(=O)O)CCN(CC(=O)O)CC1)C(F)(F)C(F)(F)C(F)(F)C(F)(F)C(F)(F)C(F)(F)C(F)(F)C(F)(F)C(F)(F)C(F)(F)C(F)(F)C(F)(F)C(F)(F)F. The molecule has 42 heteroatoms. The third-order valence-corrected chi connectivity index (χ3v) is 11.4. The number of carboxylic acid groups (broad SMARTS) is 3. The Morgan fingerprint density at radius 3 is 0.962 bits per heavy atom. The summed E-state index contributed by atoms with van der Waals surface area (Å²) in [5.41, 5.74) is 0. The Labute approximate surface area is 418 Å². The van der Waals surface area contributed by atoms with Crippen molar-refractivity contribution in [1.29, 1.82) is 0 Å². The number of amides is 2. The molecule has 0 saturated carbocycles. The Morgan fingerprint density at radius 2 is 0.705 bits per heavy atom. The van der Waals surface area contributed by atoms with Crippen molar-refractivity contribution in [2.75, 3.05) is 106 Å². The van der Waals surface area contributed by atoms with Crippen molar-refractivity contribution in [3.63, 3.8) is 0 Å². The fraction of sp³-hybridized carbons (Fsp3) is 0.861. The summed E-state index contributed by atoms with van der Waals surface area (Å²) >= 11 is 0. The second kappa shape index (κ2) is 23.8. The monoisotopic (exact) mass is 1210 g/mol. The maximum absolute atomic E-state index is 15.6. The van der Waals surface area contributed by atoms with E-state index < -0.39 is 170 Å². The van der Waals surface area contributed by atoms with E-state index in [1.165, 1.54) is 14.7 Å². The third kappa shape index (κ3) is 12.9. The average molecular weight is 1210 g/mol. The van der Waals surface area contributed by atoms with E-state index in [2.05, 4.69) is 4.74 Å². The summed E-state index contributed by atoms with van der Waals surface area (Å²) < 4.78 is 386. The Kier molecular flexibility index (Phi) is 21.7. The Morgan fingerprint density at radius 1 is 0.449 bits per heavy atom. The van der Waals surface area contributed by atoms with Gasteiger partial charge in [-0.05, 0) is 6.92 Å². The van der Waals surface area contributed by atoms with E-state index in [-0.39, 0.29) is 44.2 Å². The fourth-order valence-corrected chi connectivity index (χ4v) is 6.74. The molecule has 1 aliphatic rings. The van der Waals surface area contributed by atoms with Crippen molar-refractivity contribution >= 4 is 29.7 Å². The summed E-state index contributed by atoms with van der Waals surface area (Å²) in [7, 11) is 0.783. The quantitative estimate of drug-likeness (QED) is 0.0727. The standard InChI is InChI=1S/C36H41F27N6O9/c1-18(68-10-8-66(16-21(73)74)6-4-65(15-20(71)72)5-7-67(9-11-68)17-22(75)76)23(77)64(2)14-19(70)69(12-13-78-3)36(62,63)34(57,58)32(53,54)30(49,50)28(45,46)26(41,42)24(37,38)25(39,40)27(43,44)29(47,48)31(51,52)33(55,56)35(59,60)61/h18H,4-17H2,1-3H3,(H,71,72)(H,73,74)(H,75,76). The van der Waals surface area contributed by atoms with Crippen molar-refractivity contribution in [3.05, 3.63) is 0 Å². The van der Waals surface area contributed by atoms with Crippen LogP contribution in [0.3, 0.4) is 0 Å². The normalized spacial score (nSPS) is 18.0. The van der Waals surface area contributed by atoms with Gasteiger partial charge in [-0.25, -0.2) is 0 Å². The first-order valence-corrected chi connectivity index (χ1v) is 20.8. The lowest BCUT2D eigenvalue weighted by atomic mass is 9.84. The highest BCUT2D eigenvalue weighted by Gasteiger charge is 3.00. The maximum atomic E-state index is 15.6. The molecule has 0 radical (unpaired) electrons. The van der Waals surface area contributed by atoms with Crippen LogP contribution < -0.4 is 0 Å². The van der Waals surface area contributed by atoms with Crippen LogP contribution in [0.5, 0.6) is 0 Å². The first-order chi connectivity index (χ1) is 34.5. The summed E-state index contributed by atoms with van der Waals surface area (Å²) in [6.07, 6.45) is -8.34. The van der Waals surface area contributed by atoms with Crippen molar-refractivity contribution in [3.8, 4) is 0 Å². The molecule has 0 spiro atoms. The number of carboxylic acids is 3. The highest BCUT2D eigenvalue weighted by molar-refractivity contribution is 5.87. The molecule has 1 rings (SSSR count). The summed E-state index contributed by atoms with van der Waals surface area (Å²) in [6.45, 7) is -10.1. The van der Waals surface area contributed by atoms with Gasteiger partial charge in [-0.15, -0.1) is 0 Å². The van der Waals surface area contributed by atoms with Crippen molar-refractivity contribution in [2.45, 2.75) is 90.3 Å². The molecule has 1 atom stereocenters. The number of alkyl halides is 27. The van der Waals surface area contributed by atoms with Crippen LogP contribution >= 0.6 is 0 Å². The minimum atomic E-state index is -9.98. The van der Waals surface area contributed by atoms with Crippen LogP contribution in [0.1, 0.15) is 6.92 Å². The minimum absolute atomic E-state index is 0.0753. The van der Waals surface area contributed by atoms with Crippen molar-refractivity contribution in [2.24, 2.45) is 0 Å². The maximum Gasteiger partial charge on any atom is 0.460 e. The van der Waals surface area contributed by atoms with Gasteiger partial charge in [0.15, 0.2) is 0 Å². The van der Waals surface area contributed by atoms with Crippen molar-refractivity contribution < 1.29 is 163 Å². The number of rotatable bonds is 25. The summed E-state index contributed by atoms with van der Waals surface area (Å²) in [6, 6.07) is -9.49. The summed E-state index contributed by atoms with van der Waals surface area (Å²) in [5, 5.41) is 28.1. The first kappa shape index (κ1) is 71.3. The van der Waals surface area contributed by atoms with E-state index >= 15 is 17.6 Å². The van der Waals surface area contributed by atoms with E-state index in [0.717, 1.165) is 11.8 Å². The van der Waals surface area contributed by atoms with Gasteiger partial charge in [0.1, 0.15) is 0 Å². The van der Waals surface area contributed by atoms with Crippen LogP contribution in [0.25, 0.3) is 0 Å². The van der Waals surface area contributed by atoms with Gasteiger partial charge in [0.25, 0.3) is 0 Å². The van der Waals surface area contributed by atoms with E-state index in [9.17, 15) is 140 Å². The molecule has 0 bridgehead atoms. The highest BCUT2D eigenvalue weighted by Crippen LogP contribution is 2.68. The molecule has 1 fully saturated rings. The van der Waals surface area contributed by atoms with E-state index in [1.807, 2.05) is 0 Å². The van der Waals surface area contributed by atoms with Crippen LogP contribution in [0.15, 0.2) is 0 Å². The van der Waals surface area contributed by atoms with Crippen LogP contribution in [0.2, 0.25) is 0 Å². The van der Waals surface area contributed by atoms with Gasteiger partial charge < -0.3 is 25.0 Å². The molecule has 1 saturated heterocycles. The second-order valence-electron chi connectivity index (χ2n) is 16.8. The van der Waals surface area contributed by atoms with Crippen LogP contribution in [-0.2, 0) is 28.7 Å². The smallest absolute Gasteiger partial charge is 0.460 e. The molecule has 0 aromatic rings. The third-order valence-electron chi connectivity index (χ3n) is 11.4. The molecule has 15 nitrogen and oxygen atoms in total. The van der Waals surface area contributed by atoms with E-state index in [0.29, 0.717) is 14.2 Å². The molecule has 458 valence electrons. The average Bonchev–Trinajstić information content (AvgIpc) is 3.26. The number of nitrogens with zero attached hydrogens (tertiary/aromatic N) is 6. The predicted molar refractivity (Wildman–Crippen MR) is 200 cm³/mol. The molecular formula is C36H41F27N6O9. The lowest BCUT2D eigenvalue weighted by Gasteiger charge is -2.46. The Bertz CT molecular complexity index is 2090. The number of carbonyl (C=O) groups is 5. The number of hydrogen-bond donors (Lipinski definition) is 3. The predicted octanol–water partition coefficient (Wildman–Crippen LogP) is 5.93. The van der Waals surface area contributed by atoms with E-state index in [1.54, 1.807) is 0 Å². The molecule has 78 heavy (non-hydrogen) atoms. The lowest BCUT2D eigenvalue weighted by molar-refractivity contribution is -0.486. The van der Waals surface area contributed by atoms with E-state index in [4.69, 9.17) is 0 Å².